The highest BCUT2D eigenvalue weighted by molar-refractivity contribution is 6.46. The highest BCUT2D eigenvalue weighted by atomic mass is 19.1. The molecule has 2 saturated heterocycles. The van der Waals surface area contributed by atoms with E-state index in [2.05, 4.69) is 15.1 Å². The summed E-state index contributed by atoms with van der Waals surface area (Å²) in [7, 11) is 0. The zero-order valence-electron chi connectivity index (χ0n) is 17.5. The summed E-state index contributed by atoms with van der Waals surface area (Å²) in [6.45, 7) is 6.80. The molecule has 3 heterocycles. The molecule has 31 heavy (non-hydrogen) atoms. The highest BCUT2D eigenvalue weighted by Crippen LogP contribution is 2.40. The number of Topliss-reactive ketones (excluding diaryl/α,β-unsaturated/α-hetero) is 1. The molecule has 1 aromatic carbocycles. The Morgan fingerprint density at radius 3 is 2.58 bits per heavy atom. The van der Waals surface area contributed by atoms with Gasteiger partial charge in [0.2, 0.25) is 0 Å². The number of rotatable bonds is 5. The van der Waals surface area contributed by atoms with Crippen LogP contribution >= 0.6 is 0 Å². The zero-order valence-corrected chi connectivity index (χ0v) is 17.5. The number of hydrogen-bond acceptors (Lipinski definition) is 6. The second-order valence-electron chi connectivity index (χ2n) is 7.78. The van der Waals surface area contributed by atoms with Gasteiger partial charge in [0.15, 0.2) is 0 Å². The number of nitrogens with zero attached hydrogens (tertiary/aromatic N) is 3. The third-order valence-corrected chi connectivity index (χ3v) is 5.87. The minimum absolute atomic E-state index is 0.121. The van der Waals surface area contributed by atoms with E-state index in [0.29, 0.717) is 36.7 Å². The van der Waals surface area contributed by atoms with Crippen LogP contribution in [0.1, 0.15) is 28.6 Å². The lowest BCUT2D eigenvalue weighted by atomic mass is 9.94. The SMILES string of the molecule is Cc1n[nH]c(C)c1C(O)=C1C(=O)C(=O)N(CCN2CCOCC2)C1c1ccccc1F. The van der Waals surface area contributed by atoms with E-state index in [1.54, 1.807) is 26.0 Å². The molecular formula is C22H25FN4O4. The first-order valence-corrected chi connectivity index (χ1v) is 10.2. The van der Waals surface area contributed by atoms with Crippen LogP contribution in [-0.2, 0) is 14.3 Å². The van der Waals surface area contributed by atoms with Crippen molar-refractivity contribution >= 4 is 17.4 Å². The smallest absolute Gasteiger partial charge is 0.295 e. The number of aromatic amines is 1. The van der Waals surface area contributed by atoms with E-state index in [-0.39, 0.29) is 23.4 Å². The Bertz CT molecular complexity index is 1020. The number of aromatic nitrogens is 2. The number of carbonyl (C=O) groups excluding carboxylic acids is 2. The number of benzene rings is 1. The Kier molecular flexibility index (Phi) is 5.88. The van der Waals surface area contributed by atoms with Gasteiger partial charge in [-0.3, -0.25) is 19.6 Å². The van der Waals surface area contributed by atoms with Crippen LogP contribution in [0.2, 0.25) is 0 Å². The first kappa shape index (κ1) is 21.2. The summed E-state index contributed by atoms with van der Waals surface area (Å²) in [6, 6.07) is 5.00. The molecule has 1 amide bonds. The Hall–Kier alpha value is -3.04. The monoisotopic (exact) mass is 428 g/mol. The minimum Gasteiger partial charge on any atom is -0.507 e. The summed E-state index contributed by atoms with van der Waals surface area (Å²) in [5.74, 6) is -2.46. The van der Waals surface area contributed by atoms with E-state index in [4.69, 9.17) is 4.74 Å². The van der Waals surface area contributed by atoms with Crippen molar-refractivity contribution in [2.45, 2.75) is 19.9 Å². The molecule has 4 rings (SSSR count). The van der Waals surface area contributed by atoms with Crippen molar-refractivity contribution in [3.63, 3.8) is 0 Å². The van der Waals surface area contributed by atoms with Gasteiger partial charge in [-0.05, 0) is 19.9 Å². The molecule has 2 aliphatic rings. The van der Waals surface area contributed by atoms with E-state index in [1.807, 2.05) is 0 Å². The summed E-state index contributed by atoms with van der Waals surface area (Å²) < 4.78 is 20.2. The van der Waals surface area contributed by atoms with Gasteiger partial charge in [-0.2, -0.15) is 5.10 Å². The first-order chi connectivity index (χ1) is 14.9. The molecule has 8 nitrogen and oxygen atoms in total. The lowest BCUT2D eigenvalue weighted by Crippen LogP contribution is -2.42. The Morgan fingerprint density at radius 2 is 1.94 bits per heavy atom. The number of aliphatic hydroxyl groups excluding tert-OH is 1. The zero-order chi connectivity index (χ0) is 22.1. The molecule has 2 aliphatic heterocycles. The number of ketones is 1. The Labute approximate surface area is 179 Å². The summed E-state index contributed by atoms with van der Waals surface area (Å²) in [5, 5.41) is 17.9. The molecule has 0 bridgehead atoms. The summed E-state index contributed by atoms with van der Waals surface area (Å²) >= 11 is 0. The molecule has 1 aromatic heterocycles. The van der Waals surface area contributed by atoms with E-state index < -0.39 is 23.5 Å². The molecule has 1 atom stereocenters. The molecule has 0 saturated carbocycles. The number of ether oxygens (including phenoxy) is 1. The number of likely N-dealkylation sites (tertiary alicyclic amines) is 1. The maximum Gasteiger partial charge on any atom is 0.295 e. The second kappa shape index (κ2) is 8.60. The van der Waals surface area contributed by atoms with Crippen LogP contribution in [0.3, 0.4) is 0 Å². The third kappa shape index (κ3) is 3.86. The van der Waals surface area contributed by atoms with Crippen LogP contribution < -0.4 is 0 Å². The van der Waals surface area contributed by atoms with Crippen LogP contribution in [0, 0.1) is 19.7 Å². The Morgan fingerprint density at radius 1 is 1.23 bits per heavy atom. The summed E-state index contributed by atoms with van der Waals surface area (Å²) in [6.07, 6.45) is 0. The van der Waals surface area contributed by atoms with Gasteiger partial charge in [-0.25, -0.2) is 4.39 Å². The number of halogens is 1. The molecular weight excluding hydrogens is 403 g/mol. The molecule has 9 heteroatoms. The van der Waals surface area contributed by atoms with Crippen LogP contribution in [0.15, 0.2) is 29.8 Å². The number of amides is 1. The molecule has 0 radical (unpaired) electrons. The Balaban J connectivity index is 1.78. The van der Waals surface area contributed by atoms with Crippen molar-refractivity contribution in [2.24, 2.45) is 0 Å². The molecule has 0 aliphatic carbocycles. The van der Waals surface area contributed by atoms with Crippen LogP contribution in [0.4, 0.5) is 4.39 Å². The molecule has 2 aromatic rings. The number of H-pyrrole nitrogens is 1. The molecule has 2 N–H and O–H groups in total. The van der Waals surface area contributed by atoms with Gasteiger partial charge >= 0.3 is 0 Å². The van der Waals surface area contributed by atoms with Crippen molar-refractivity contribution in [1.82, 2.24) is 20.0 Å². The van der Waals surface area contributed by atoms with E-state index in [0.717, 1.165) is 13.1 Å². The lowest BCUT2D eigenvalue weighted by Gasteiger charge is -2.31. The second-order valence-corrected chi connectivity index (χ2v) is 7.78. The van der Waals surface area contributed by atoms with Gasteiger partial charge < -0.3 is 14.7 Å². The van der Waals surface area contributed by atoms with Gasteiger partial charge in [0.1, 0.15) is 11.6 Å². The third-order valence-electron chi connectivity index (χ3n) is 5.87. The van der Waals surface area contributed by atoms with E-state index >= 15 is 0 Å². The van der Waals surface area contributed by atoms with E-state index in [1.165, 1.54) is 17.0 Å². The van der Waals surface area contributed by atoms with E-state index in [9.17, 15) is 19.1 Å². The molecule has 0 spiro atoms. The van der Waals surface area contributed by atoms with Crippen molar-refractivity contribution in [3.05, 3.63) is 58.2 Å². The van der Waals surface area contributed by atoms with Crippen molar-refractivity contribution in [1.29, 1.82) is 0 Å². The van der Waals surface area contributed by atoms with Crippen LogP contribution in [0.5, 0.6) is 0 Å². The number of hydrogen-bond donors (Lipinski definition) is 2. The molecule has 1 unspecified atom stereocenters. The van der Waals surface area contributed by atoms with Gasteiger partial charge in [0.05, 0.1) is 36.1 Å². The van der Waals surface area contributed by atoms with Gasteiger partial charge in [0.25, 0.3) is 11.7 Å². The largest absolute Gasteiger partial charge is 0.507 e. The number of morpholine rings is 1. The summed E-state index contributed by atoms with van der Waals surface area (Å²) in [5.41, 5.74) is 1.45. The quantitative estimate of drug-likeness (QED) is 0.429. The number of aryl methyl sites for hydroxylation is 2. The van der Waals surface area contributed by atoms with Crippen molar-refractivity contribution < 1.29 is 23.8 Å². The van der Waals surface area contributed by atoms with Crippen molar-refractivity contribution in [2.75, 3.05) is 39.4 Å². The van der Waals surface area contributed by atoms with Gasteiger partial charge in [-0.1, -0.05) is 18.2 Å². The first-order valence-electron chi connectivity index (χ1n) is 10.2. The fraction of sp³-hybridized carbons (Fsp3) is 0.409. The van der Waals surface area contributed by atoms with Crippen LogP contribution in [0.25, 0.3) is 5.76 Å². The number of nitrogens with one attached hydrogen (secondary N) is 1. The number of aliphatic hydroxyl groups is 1. The fourth-order valence-corrected chi connectivity index (χ4v) is 4.24. The molecule has 2 fully saturated rings. The number of carbonyl (C=O) groups is 2. The predicted octanol–water partition coefficient (Wildman–Crippen LogP) is 1.92. The summed E-state index contributed by atoms with van der Waals surface area (Å²) in [4.78, 5) is 29.5. The standard InChI is InChI=1S/C22H25FN4O4/c1-13-17(14(2)25-24-13)20(28)18-19(15-5-3-4-6-16(15)23)27(22(30)21(18)29)8-7-26-9-11-31-12-10-26/h3-6,19,28H,7-12H2,1-2H3,(H,24,25). The van der Waals surface area contributed by atoms with Gasteiger partial charge in [0, 0.05) is 37.4 Å². The topological polar surface area (TPSA) is 98.8 Å². The highest BCUT2D eigenvalue weighted by Gasteiger charge is 2.47. The fourth-order valence-electron chi connectivity index (χ4n) is 4.24. The lowest BCUT2D eigenvalue weighted by molar-refractivity contribution is -0.140. The average molecular weight is 428 g/mol. The normalized spacial score (nSPS) is 21.8. The average Bonchev–Trinajstić information content (AvgIpc) is 3.23. The van der Waals surface area contributed by atoms with Gasteiger partial charge in [-0.15, -0.1) is 0 Å². The van der Waals surface area contributed by atoms with Crippen molar-refractivity contribution in [3.8, 4) is 0 Å². The predicted molar refractivity (Wildman–Crippen MR) is 111 cm³/mol. The minimum atomic E-state index is -1.02. The maximum atomic E-state index is 14.8. The molecule has 164 valence electrons. The van der Waals surface area contributed by atoms with Crippen LogP contribution in [-0.4, -0.2) is 76.2 Å². The maximum absolute atomic E-state index is 14.8.